The lowest BCUT2D eigenvalue weighted by atomic mass is 10.0. The number of imidazole rings is 1. The molecular formula is C21H23N5O. The molecule has 0 amide bonds. The molecule has 1 saturated heterocycles. The number of aromatic nitrogens is 3. The number of piperazine rings is 1. The summed E-state index contributed by atoms with van der Waals surface area (Å²) in [6.45, 7) is 7.81. The molecule has 27 heavy (non-hydrogen) atoms. The van der Waals surface area contributed by atoms with E-state index in [-0.39, 0.29) is 0 Å². The molecular weight excluding hydrogens is 338 g/mol. The average Bonchev–Trinajstić information content (AvgIpc) is 3.10. The Kier molecular flexibility index (Phi) is 3.86. The lowest BCUT2D eigenvalue weighted by molar-refractivity contribution is 0.365. The third-order valence-electron chi connectivity index (χ3n) is 5.24. The Hall–Kier alpha value is -2.86. The van der Waals surface area contributed by atoms with Gasteiger partial charge in [-0.1, -0.05) is 0 Å². The van der Waals surface area contributed by atoms with Crippen LogP contribution in [0.3, 0.4) is 0 Å². The second kappa shape index (κ2) is 6.39. The Balaban J connectivity index is 1.45. The fourth-order valence-corrected chi connectivity index (χ4v) is 3.82. The third kappa shape index (κ3) is 3.06. The highest BCUT2D eigenvalue weighted by Gasteiger charge is 2.20. The predicted molar refractivity (Wildman–Crippen MR) is 107 cm³/mol. The van der Waals surface area contributed by atoms with Gasteiger partial charge in [0.25, 0.3) is 0 Å². The molecule has 1 N–H and O–H groups in total. The van der Waals surface area contributed by atoms with E-state index in [4.69, 9.17) is 4.74 Å². The highest BCUT2D eigenvalue weighted by Crippen LogP contribution is 2.33. The number of aryl methyl sites for hydroxylation is 1. The van der Waals surface area contributed by atoms with Gasteiger partial charge >= 0.3 is 0 Å². The smallest absolute Gasteiger partial charge is 0.155 e. The highest BCUT2D eigenvalue weighted by atomic mass is 16.5. The Morgan fingerprint density at radius 3 is 3.07 bits per heavy atom. The maximum absolute atomic E-state index is 6.09. The molecule has 138 valence electrons. The zero-order chi connectivity index (χ0) is 18.4. The first-order valence-corrected chi connectivity index (χ1v) is 9.43. The minimum absolute atomic E-state index is 0.510. The fourth-order valence-electron chi connectivity index (χ4n) is 3.82. The van der Waals surface area contributed by atoms with E-state index in [1.54, 1.807) is 6.20 Å². The first-order chi connectivity index (χ1) is 13.2. The number of anilines is 1. The number of hydrogen-bond donors (Lipinski definition) is 1. The number of ether oxygens (including phenoxy) is 1. The largest absolute Gasteiger partial charge is 0.488 e. The van der Waals surface area contributed by atoms with Crippen LogP contribution in [0, 0.1) is 6.92 Å². The topological polar surface area (TPSA) is 54.7 Å². The zero-order valence-corrected chi connectivity index (χ0v) is 15.6. The van der Waals surface area contributed by atoms with Crippen LogP contribution in [0.25, 0.3) is 17.3 Å². The van der Waals surface area contributed by atoms with Crippen LogP contribution < -0.4 is 15.0 Å². The summed E-state index contributed by atoms with van der Waals surface area (Å²) in [4.78, 5) is 11.4. The highest BCUT2D eigenvalue weighted by molar-refractivity contribution is 5.85. The van der Waals surface area contributed by atoms with Crippen LogP contribution >= 0.6 is 0 Å². The van der Waals surface area contributed by atoms with Crippen molar-refractivity contribution in [1.82, 2.24) is 19.7 Å². The molecule has 0 radical (unpaired) electrons. The predicted octanol–water partition coefficient (Wildman–Crippen LogP) is 2.77. The van der Waals surface area contributed by atoms with E-state index in [0.29, 0.717) is 12.6 Å². The van der Waals surface area contributed by atoms with Gasteiger partial charge in [0.05, 0.1) is 17.6 Å². The summed E-state index contributed by atoms with van der Waals surface area (Å²) >= 11 is 0. The summed E-state index contributed by atoms with van der Waals surface area (Å²) in [5.74, 6) is 0.948. The molecule has 3 aromatic rings. The van der Waals surface area contributed by atoms with Crippen molar-refractivity contribution in [3.63, 3.8) is 0 Å². The van der Waals surface area contributed by atoms with Gasteiger partial charge in [-0.25, -0.2) is 4.98 Å². The molecule has 0 saturated carbocycles. The van der Waals surface area contributed by atoms with Crippen molar-refractivity contribution < 1.29 is 4.74 Å². The van der Waals surface area contributed by atoms with Crippen LogP contribution in [-0.4, -0.2) is 46.7 Å². The molecule has 2 aliphatic heterocycles. The van der Waals surface area contributed by atoms with Gasteiger partial charge in [-0.15, -0.1) is 0 Å². The summed E-state index contributed by atoms with van der Waals surface area (Å²) in [7, 11) is 0. The van der Waals surface area contributed by atoms with Gasteiger partial charge < -0.3 is 19.4 Å². The normalized spacial score (nSPS) is 19.6. The van der Waals surface area contributed by atoms with Crippen molar-refractivity contribution in [2.24, 2.45) is 0 Å². The summed E-state index contributed by atoms with van der Waals surface area (Å²) in [6.07, 6.45) is 8.02. The molecule has 4 heterocycles. The molecule has 2 aromatic heterocycles. The van der Waals surface area contributed by atoms with Gasteiger partial charge in [0.15, 0.2) is 5.65 Å². The molecule has 1 atom stereocenters. The van der Waals surface area contributed by atoms with E-state index in [9.17, 15) is 0 Å². The van der Waals surface area contributed by atoms with Crippen LogP contribution in [0.5, 0.6) is 5.75 Å². The standard InChI is InChI=1S/C21H23N5O/c1-14-10-25(6-5-22-14)18-4-3-16-7-17(13-27-20(16)8-18)19-12-26-11-15(2)23-9-21(26)24-19/h3-4,7-9,11-12,14,22H,5-6,10,13H2,1-2H3. The summed E-state index contributed by atoms with van der Waals surface area (Å²) < 4.78 is 8.11. The molecule has 1 unspecified atom stereocenters. The van der Waals surface area contributed by atoms with Gasteiger partial charge in [-0.2, -0.15) is 0 Å². The van der Waals surface area contributed by atoms with E-state index < -0.39 is 0 Å². The molecule has 0 bridgehead atoms. The Labute approximate surface area is 158 Å². The SMILES string of the molecule is Cc1cn2cc(C3=Cc4ccc(N5CCNC(C)C5)cc4OC3)nc2cn1. The molecule has 1 fully saturated rings. The second-order valence-corrected chi connectivity index (χ2v) is 7.40. The lowest BCUT2D eigenvalue weighted by Crippen LogP contribution is -2.49. The van der Waals surface area contributed by atoms with E-state index >= 15 is 0 Å². The van der Waals surface area contributed by atoms with Crippen molar-refractivity contribution >= 4 is 23.0 Å². The molecule has 5 rings (SSSR count). The van der Waals surface area contributed by atoms with Crippen LogP contribution in [0.4, 0.5) is 5.69 Å². The minimum atomic E-state index is 0.510. The maximum Gasteiger partial charge on any atom is 0.155 e. The van der Waals surface area contributed by atoms with Crippen molar-refractivity contribution in [2.75, 3.05) is 31.1 Å². The van der Waals surface area contributed by atoms with Crippen LogP contribution in [0.15, 0.2) is 36.8 Å². The quantitative estimate of drug-likeness (QED) is 0.761. The number of fused-ring (bicyclic) bond motifs is 2. The molecule has 2 aliphatic rings. The maximum atomic E-state index is 6.09. The second-order valence-electron chi connectivity index (χ2n) is 7.40. The minimum Gasteiger partial charge on any atom is -0.488 e. The molecule has 1 aromatic carbocycles. The number of nitrogens with zero attached hydrogens (tertiary/aromatic N) is 4. The zero-order valence-electron chi connectivity index (χ0n) is 15.6. The summed E-state index contributed by atoms with van der Waals surface area (Å²) in [6, 6.07) is 7.02. The fraction of sp³-hybridized carbons (Fsp3) is 0.333. The van der Waals surface area contributed by atoms with Crippen LogP contribution in [0.2, 0.25) is 0 Å². The molecule has 6 nitrogen and oxygen atoms in total. The van der Waals surface area contributed by atoms with Crippen LogP contribution in [0.1, 0.15) is 23.9 Å². The first-order valence-electron chi connectivity index (χ1n) is 9.43. The van der Waals surface area contributed by atoms with E-state index in [2.05, 4.69) is 51.4 Å². The molecule has 0 spiro atoms. The van der Waals surface area contributed by atoms with E-state index in [1.807, 2.05) is 23.7 Å². The summed E-state index contributed by atoms with van der Waals surface area (Å²) in [5.41, 5.74) is 6.19. The van der Waals surface area contributed by atoms with Crippen molar-refractivity contribution in [1.29, 1.82) is 0 Å². The monoisotopic (exact) mass is 361 g/mol. The molecule has 0 aliphatic carbocycles. The van der Waals surface area contributed by atoms with Crippen molar-refractivity contribution in [3.8, 4) is 5.75 Å². The van der Waals surface area contributed by atoms with Gasteiger partial charge in [0, 0.05) is 61.0 Å². The molecule has 6 heteroatoms. The van der Waals surface area contributed by atoms with Gasteiger partial charge in [0.2, 0.25) is 0 Å². The number of nitrogens with one attached hydrogen (secondary N) is 1. The van der Waals surface area contributed by atoms with Gasteiger partial charge in [-0.3, -0.25) is 4.98 Å². The third-order valence-corrected chi connectivity index (χ3v) is 5.24. The van der Waals surface area contributed by atoms with Gasteiger partial charge in [-0.05, 0) is 32.1 Å². The number of hydrogen-bond acceptors (Lipinski definition) is 5. The van der Waals surface area contributed by atoms with Crippen molar-refractivity contribution in [3.05, 3.63) is 53.7 Å². The summed E-state index contributed by atoms with van der Waals surface area (Å²) in [5, 5.41) is 3.49. The number of benzene rings is 1. The van der Waals surface area contributed by atoms with Crippen molar-refractivity contribution in [2.45, 2.75) is 19.9 Å². The Bertz CT molecular complexity index is 1040. The lowest BCUT2D eigenvalue weighted by Gasteiger charge is -2.34. The van der Waals surface area contributed by atoms with Gasteiger partial charge in [0.1, 0.15) is 12.4 Å². The van der Waals surface area contributed by atoms with Crippen LogP contribution in [-0.2, 0) is 0 Å². The Morgan fingerprint density at radius 2 is 2.19 bits per heavy atom. The number of rotatable bonds is 2. The van der Waals surface area contributed by atoms with E-state index in [1.165, 1.54) is 5.69 Å². The average molecular weight is 361 g/mol. The first kappa shape index (κ1) is 16.3. The Morgan fingerprint density at radius 1 is 1.26 bits per heavy atom. The van der Waals surface area contributed by atoms with E-state index in [0.717, 1.165) is 53.6 Å².